The van der Waals surface area contributed by atoms with Crippen LogP contribution in [0.3, 0.4) is 0 Å². The number of ether oxygens (including phenoxy) is 10. The second-order valence-corrected chi connectivity index (χ2v) is 10.5. The van der Waals surface area contributed by atoms with E-state index >= 15 is 0 Å². The Bertz CT molecular complexity index is 827. The zero-order valence-electron chi connectivity index (χ0n) is 21.6. The van der Waals surface area contributed by atoms with Gasteiger partial charge in [-0.2, -0.15) is 0 Å². The van der Waals surface area contributed by atoms with Gasteiger partial charge >= 0.3 is 11.9 Å². The lowest BCUT2D eigenvalue weighted by atomic mass is 10.2. The molecule has 13 nitrogen and oxygen atoms in total. The van der Waals surface area contributed by atoms with Crippen LogP contribution in [0.15, 0.2) is 0 Å². The summed E-state index contributed by atoms with van der Waals surface area (Å²) in [5.41, 5.74) is 0. The van der Waals surface area contributed by atoms with Gasteiger partial charge in [0, 0.05) is 6.92 Å². The molecular weight excluding hydrogens is 484 g/mol. The van der Waals surface area contributed by atoms with E-state index in [1.165, 1.54) is 6.92 Å². The Kier molecular flexibility index (Phi) is 7.70. The third-order valence-electron chi connectivity index (χ3n) is 5.94. The van der Waals surface area contributed by atoms with Crippen LogP contribution in [0, 0.1) is 0 Å². The molecule has 1 N–H and O–H groups in total. The Morgan fingerprint density at radius 2 is 1.31 bits per heavy atom. The summed E-state index contributed by atoms with van der Waals surface area (Å²) in [6.45, 7) is 13.4. The highest BCUT2D eigenvalue weighted by Crippen LogP contribution is 2.36. The van der Waals surface area contributed by atoms with E-state index in [9.17, 15) is 14.7 Å². The maximum atomic E-state index is 10.9. The molecule has 6 saturated heterocycles. The third-order valence-corrected chi connectivity index (χ3v) is 5.94. The number of rotatable bonds is 1. The normalized spacial score (nSPS) is 42.3. The van der Waals surface area contributed by atoms with Crippen LogP contribution in [0.5, 0.6) is 0 Å². The molecule has 0 aromatic heterocycles. The molecule has 36 heavy (non-hydrogen) atoms. The SMILES string of the molecule is CC(=O)OC1OCC2OC(C)(C)O[C@@H]21.CC1(C)OC2COC(=O)[C@H]2O1.CC1(C)OC2CO[C@@H](O)[C@H]2O1. The van der Waals surface area contributed by atoms with Crippen LogP contribution >= 0.6 is 0 Å². The first-order valence-electron chi connectivity index (χ1n) is 12.0. The third kappa shape index (κ3) is 6.34. The highest BCUT2D eigenvalue weighted by atomic mass is 16.8. The van der Waals surface area contributed by atoms with Gasteiger partial charge in [-0.3, -0.25) is 4.79 Å². The minimum absolute atomic E-state index is 0.0972. The van der Waals surface area contributed by atoms with Gasteiger partial charge in [-0.15, -0.1) is 0 Å². The van der Waals surface area contributed by atoms with E-state index < -0.39 is 36.0 Å². The van der Waals surface area contributed by atoms with E-state index in [1.54, 1.807) is 13.8 Å². The first-order chi connectivity index (χ1) is 16.6. The maximum Gasteiger partial charge on any atom is 0.338 e. The molecule has 0 amide bonds. The molecule has 8 atom stereocenters. The Balaban J connectivity index is 0.000000128. The Morgan fingerprint density at radius 3 is 1.89 bits per heavy atom. The smallest absolute Gasteiger partial charge is 0.338 e. The zero-order valence-corrected chi connectivity index (χ0v) is 21.6. The van der Waals surface area contributed by atoms with Crippen LogP contribution in [-0.2, 0) is 57.0 Å². The van der Waals surface area contributed by atoms with Gasteiger partial charge in [0.15, 0.2) is 35.9 Å². The lowest BCUT2D eigenvalue weighted by Crippen LogP contribution is -2.32. The van der Waals surface area contributed by atoms with Crippen LogP contribution in [0.25, 0.3) is 0 Å². The molecule has 6 rings (SSSR count). The van der Waals surface area contributed by atoms with Gasteiger partial charge < -0.3 is 52.5 Å². The van der Waals surface area contributed by atoms with E-state index in [1.807, 2.05) is 27.7 Å². The molecule has 206 valence electrons. The summed E-state index contributed by atoms with van der Waals surface area (Å²) >= 11 is 0. The number of hydrogen-bond acceptors (Lipinski definition) is 13. The summed E-state index contributed by atoms with van der Waals surface area (Å²) in [6, 6.07) is 0. The van der Waals surface area contributed by atoms with Crippen molar-refractivity contribution in [2.75, 3.05) is 19.8 Å². The van der Waals surface area contributed by atoms with E-state index in [0.717, 1.165) is 0 Å². The highest BCUT2D eigenvalue weighted by Gasteiger charge is 2.52. The van der Waals surface area contributed by atoms with Crippen molar-refractivity contribution in [2.24, 2.45) is 0 Å². The van der Waals surface area contributed by atoms with Gasteiger partial charge in [0.2, 0.25) is 6.29 Å². The number of fused-ring (bicyclic) bond motifs is 3. The Hall–Kier alpha value is -1.42. The van der Waals surface area contributed by atoms with Crippen molar-refractivity contribution in [2.45, 2.75) is 115 Å². The summed E-state index contributed by atoms with van der Waals surface area (Å²) < 4.78 is 52.4. The average Bonchev–Trinajstić information content (AvgIpc) is 3.54. The van der Waals surface area contributed by atoms with Crippen LogP contribution in [0.4, 0.5) is 0 Å². The minimum atomic E-state index is -0.818. The van der Waals surface area contributed by atoms with Gasteiger partial charge in [-0.25, -0.2) is 4.79 Å². The van der Waals surface area contributed by atoms with Crippen LogP contribution in [-0.4, -0.2) is 103 Å². The highest BCUT2D eigenvalue weighted by molar-refractivity contribution is 5.78. The topological polar surface area (TPSA) is 147 Å². The largest absolute Gasteiger partial charge is 0.461 e. The predicted octanol–water partition coefficient (Wildman–Crippen LogP) is 0.344. The molecule has 13 heteroatoms. The Labute approximate surface area is 209 Å². The monoisotopic (exact) mass is 520 g/mol. The van der Waals surface area contributed by atoms with Gasteiger partial charge in [-0.1, -0.05) is 0 Å². The number of cyclic esters (lactones) is 1. The fourth-order valence-electron chi connectivity index (χ4n) is 4.70. The van der Waals surface area contributed by atoms with Crippen molar-refractivity contribution in [1.29, 1.82) is 0 Å². The van der Waals surface area contributed by atoms with Crippen LogP contribution < -0.4 is 0 Å². The van der Waals surface area contributed by atoms with Gasteiger partial charge in [0.1, 0.15) is 31.0 Å². The van der Waals surface area contributed by atoms with E-state index in [-0.39, 0.29) is 42.5 Å². The molecule has 0 saturated carbocycles. The van der Waals surface area contributed by atoms with Gasteiger partial charge in [-0.05, 0) is 41.5 Å². The second kappa shape index (κ2) is 10.0. The molecule has 0 bridgehead atoms. The van der Waals surface area contributed by atoms with Crippen LogP contribution in [0.1, 0.15) is 48.5 Å². The van der Waals surface area contributed by atoms with E-state index in [0.29, 0.717) is 19.8 Å². The molecule has 0 aromatic rings. The molecule has 6 heterocycles. The van der Waals surface area contributed by atoms with Gasteiger partial charge in [0.25, 0.3) is 0 Å². The molecule has 6 aliphatic rings. The molecule has 6 fully saturated rings. The molecule has 0 radical (unpaired) electrons. The predicted molar refractivity (Wildman–Crippen MR) is 116 cm³/mol. The number of esters is 2. The van der Waals surface area contributed by atoms with Crippen molar-refractivity contribution >= 4 is 11.9 Å². The molecule has 0 aromatic carbocycles. The van der Waals surface area contributed by atoms with Crippen molar-refractivity contribution < 1.29 is 62.1 Å². The number of aliphatic hydroxyl groups is 1. The van der Waals surface area contributed by atoms with Gasteiger partial charge in [0.05, 0.1) is 13.2 Å². The molecular formula is C23H36O13. The summed E-state index contributed by atoms with van der Waals surface area (Å²) in [4.78, 5) is 21.7. The standard InChI is InChI=1S/C9H14O5.C7H12O4.C7H10O4/c1-5(10)12-8-7-6(4-11-8)13-9(2,3)14-7;2*1-7(2)10-4-3-9-6(8)5(4)11-7/h6-8H,4H2,1-3H3;4-6,8H,3H2,1-2H3;4-5H,3H2,1-2H3/t6?,7-,8?;4?,5-,6+;4?,5-/m000/s1. The first-order valence-corrected chi connectivity index (χ1v) is 12.0. The summed E-state index contributed by atoms with van der Waals surface area (Å²) in [5.74, 6) is -2.49. The Morgan fingerprint density at radius 1 is 0.778 bits per heavy atom. The minimum Gasteiger partial charge on any atom is -0.461 e. The summed E-state index contributed by atoms with van der Waals surface area (Å²) in [5, 5.41) is 9.20. The van der Waals surface area contributed by atoms with Crippen molar-refractivity contribution in [3.8, 4) is 0 Å². The van der Waals surface area contributed by atoms with Crippen molar-refractivity contribution in [3.05, 3.63) is 0 Å². The first kappa shape index (κ1) is 27.6. The quantitative estimate of drug-likeness (QED) is 0.475. The van der Waals surface area contributed by atoms with Crippen molar-refractivity contribution in [1.82, 2.24) is 0 Å². The molecule has 0 spiro atoms. The molecule has 6 aliphatic heterocycles. The van der Waals surface area contributed by atoms with Crippen molar-refractivity contribution in [3.63, 3.8) is 0 Å². The number of carbonyl (C=O) groups excluding carboxylic acids is 2. The maximum absolute atomic E-state index is 10.9. The average molecular weight is 521 g/mol. The lowest BCUT2D eigenvalue weighted by molar-refractivity contribution is -0.218. The zero-order chi connectivity index (χ0) is 26.5. The molecule has 4 unspecified atom stereocenters. The molecule has 0 aliphatic carbocycles. The van der Waals surface area contributed by atoms with Crippen LogP contribution in [0.2, 0.25) is 0 Å². The fraction of sp³-hybridized carbons (Fsp3) is 0.913. The summed E-state index contributed by atoms with van der Waals surface area (Å²) in [7, 11) is 0. The van der Waals surface area contributed by atoms with E-state index in [2.05, 4.69) is 0 Å². The second-order valence-electron chi connectivity index (χ2n) is 10.5. The number of carbonyl (C=O) groups is 2. The van der Waals surface area contributed by atoms with E-state index in [4.69, 9.17) is 47.4 Å². The number of aliphatic hydroxyl groups excluding tert-OH is 1. The number of hydrogen-bond donors (Lipinski definition) is 1. The fourth-order valence-corrected chi connectivity index (χ4v) is 4.70. The summed E-state index contributed by atoms with van der Waals surface area (Å²) in [6.07, 6.45) is -2.96. The lowest BCUT2D eigenvalue weighted by Gasteiger charge is -2.21.